The molecule has 0 radical (unpaired) electrons. The van der Waals surface area contributed by atoms with Crippen molar-refractivity contribution in [3.05, 3.63) is 63.5 Å². The highest BCUT2D eigenvalue weighted by Gasteiger charge is 2.24. The quantitative estimate of drug-likeness (QED) is 0.707. The van der Waals surface area contributed by atoms with Crippen molar-refractivity contribution in [2.75, 3.05) is 26.2 Å². The minimum absolute atomic E-state index is 0.179. The van der Waals surface area contributed by atoms with E-state index in [2.05, 4.69) is 41.1 Å². The molecule has 26 heavy (non-hydrogen) atoms. The molecule has 0 saturated carbocycles. The number of aromatic nitrogens is 1. The first kappa shape index (κ1) is 17.2. The summed E-state index contributed by atoms with van der Waals surface area (Å²) in [6.45, 7) is 8.34. The SMILES string of the molecule is Cc1cc(C(=O)N2CCN(Cc3cccc4cccnc34)CC2)c(C)s1. The van der Waals surface area contributed by atoms with E-state index in [0.29, 0.717) is 0 Å². The molecule has 2 aromatic heterocycles. The lowest BCUT2D eigenvalue weighted by Gasteiger charge is -2.34. The summed E-state index contributed by atoms with van der Waals surface area (Å²) >= 11 is 1.70. The Morgan fingerprint density at radius 2 is 1.88 bits per heavy atom. The predicted octanol–water partition coefficient (Wildman–Crippen LogP) is 3.87. The largest absolute Gasteiger partial charge is 0.336 e. The monoisotopic (exact) mass is 365 g/mol. The second-order valence-electron chi connectivity index (χ2n) is 6.89. The molecule has 3 aromatic rings. The van der Waals surface area contributed by atoms with Crippen LogP contribution in [0, 0.1) is 13.8 Å². The molecule has 1 saturated heterocycles. The van der Waals surface area contributed by atoms with Crippen molar-refractivity contribution in [2.45, 2.75) is 20.4 Å². The number of aryl methyl sites for hydroxylation is 2. The molecule has 0 unspecified atom stereocenters. The lowest BCUT2D eigenvalue weighted by molar-refractivity contribution is 0.0628. The van der Waals surface area contributed by atoms with Crippen LogP contribution in [-0.4, -0.2) is 46.9 Å². The van der Waals surface area contributed by atoms with Crippen LogP contribution in [0.25, 0.3) is 10.9 Å². The number of piperazine rings is 1. The maximum absolute atomic E-state index is 12.8. The van der Waals surface area contributed by atoms with E-state index in [1.54, 1.807) is 11.3 Å². The fourth-order valence-electron chi connectivity index (χ4n) is 3.66. The molecule has 5 heteroatoms. The molecule has 1 aliphatic heterocycles. The van der Waals surface area contributed by atoms with Crippen LogP contribution in [-0.2, 0) is 6.54 Å². The standard InChI is InChI=1S/C21H23N3OS/c1-15-13-19(16(2)26-15)21(25)24-11-9-23(10-12-24)14-18-6-3-5-17-7-4-8-22-20(17)18/h3-8,13H,9-12,14H2,1-2H3. The molecule has 1 aliphatic rings. The van der Waals surface area contributed by atoms with E-state index in [4.69, 9.17) is 0 Å². The normalized spacial score (nSPS) is 15.5. The summed E-state index contributed by atoms with van der Waals surface area (Å²) in [4.78, 5) is 24.1. The van der Waals surface area contributed by atoms with Crippen LogP contribution in [0.4, 0.5) is 0 Å². The first-order valence-corrected chi connectivity index (χ1v) is 9.85. The third kappa shape index (κ3) is 3.37. The van der Waals surface area contributed by atoms with E-state index in [9.17, 15) is 4.79 Å². The number of carbonyl (C=O) groups is 1. The summed E-state index contributed by atoms with van der Waals surface area (Å²) in [5.41, 5.74) is 3.21. The van der Waals surface area contributed by atoms with E-state index in [0.717, 1.165) is 48.7 Å². The van der Waals surface area contributed by atoms with Crippen molar-refractivity contribution in [1.82, 2.24) is 14.8 Å². The molecule has 0 N–H and O–H groups in total. The van der Waals surface area contributed by atoms with Gasteiger partial charge in [0, 0.05) is 54.1 Å². The van der Waals surface area contributed by atoms with Crippen LogP contribution >= 0.6 is 11.3 Å². The number of nitrogens with zero attached hydrogens (tertiary/aromatic N) is 3. The van der Waals surface area contributed by atoms with E-state index >= 15 is 0 Å². The lowest BCUT2D eigenvalue weighted by atomic mass is 10.1. The lowest BCUT2D eigenvalue weighted by Crippen LogP contribution is -2.48. The number of amides is 1. The summed E-state index contributed by atoms with van der Waals surface area (Å²) in [5, 5.41) is 1.18. The molecule has 1 aromatic carbocycles. The highest BCUT2D eigenvalue weighted by Crippen LogP contribution is 2.23. The Bertz CT molecular complexity index is 936. The molecule has 0 spiro atoms. The molecule has 4 nitrogen and oxygen atoms in total. The van der Waals surface area contributed by atoms with Crippen molar-refractivity contribution in [3.8, 4) is 0 Å². The maximum Gasteiger partial charge on any atom is 0.255 e. The zero-order chi connectivity index (χ0) is 18.1. The number of hydrogen-bond donors (Lipinski definition) is 0. The molecule has 4 rings (SSSR count). The zero-order valence-corrected chi connectivity index (χ0v) is 16.1. The Hall–Kier alpha value is -2.24. The van der Waals surface area contributed by atoms with Gasteiger partial charge in [-0.1, -0.05) is 24.3 Å². The highest BCUT2D eigenvalue weighted by molar-refractivity contribution is 7.12. The number of pyridine rings is 1. The molecule has 0 atom stereocenters. The third-order valence-electron chi connectivity index (χ3n) is 5.04. The van der Waals surface area contributed by atoms with Gasteiger partial charge in [0.05, 0.1) is 11.1 Å². The molecule has 134 valence electrons. The van der Waals surface area contributed by atoms with Gasteiger partial charge in [0.15, 0.2) is 0 Å². The number of para-hydroxylation sites is 1. The number of rotatable bonds is 3. The van der Waals surface area contributed by atoms with Gasteiger partial charge in [0.25, 0.3) is 5.91 Å². The van der Waals surface area contributed by atoms with Crippen molar-refractivity contribution in [1.29, 1.82) is 0 Å². The van der Waals surface area contributed by atoms with E-state index in [1.165, 1.54) is 15.8 Å². The van der Waals surface area contributed by atoms with Crippen LogP contribution in [0.1, 0.15) is 25.7 Å². The van der Waals surface area contributed by atoms with Gasteiger partial charge in [0.1, 0.15) is 0 Å². The average molecular weight is 366 g/mol. The minimum atomic E-state index is 0.179. The molecule has 0 bridgehead atoms. The van der Waals surface area contributed by atoms with Crippen LogP contribution in [0.2, 0.25) is 0 Å². The first-order chi connectivity index (χ1) is 12.6. The highest BCUT2D eigenvalue weighted by atomic mass is 32.1. The first-order valence-electron chi connectivity index (χ1n) is 9.03. The summed E-state index contributed by atoms with van der Waals surface area (Å²) in [5.74, 6) is 0.179. The van der Waals surface area contributed by atoms with Gasteiger partial charge >= 0.3 is 0 Å². The Labute approximate surface area is 158 Å². The van der Waals surface area contributed by atoms with Crippen molar-refractivity contribution < 1.29 is 4.79 Å². The van der Waals surface area contributed by atoms with Crippen LogP contribution in [0.15, 0.2) is 42.6 Å². The van der Waals surface area contributed by atoms with Crippen LogP contribution in [0.3, 0.4) is 0 Å². The van der Waals surface area contributed by atoms with Gasteiger partial charge in [-0.25, -0.2) is 0 Å². The molecular weight excluding hydrogens is 342 g/mol. The fraction of sp³-hybridized carbons (Fsp3) is 0.333. The number of hydrogen-bond acceptors (Lipinski definition) is 4. The summed E-state index contributed by atoms with van der Waals surface area (Å²) in [6, 6.07) is 12.5. The molecule has 3 heterocycles. The van der Waals surface area contributed by atoms with E-state index < -0.39 is 0 Å². The summed E-state index contributed by atoms with van der Waals surface area (Å²) in [6.07, 6.45) is 1.85. The molecule has 0 aliphatic carbocycles. The Kier molecular flexibility index (Phi) is 4.74. The van der Waals surface area contributed by atoms with Crippen LogP contribution in [0.5, 0.6) is 0 Å². The second kappa shape index (κ2) is 7.17. The predicted molar refractivity (Wildman–Crippen MR) is 107 cm³/mol. The van der Waals surface area contributed by atoms with Gasteiger partial charge in [0.2, 0.25) is 0 Å². The molecular formula is C21H23N3OS. The van der Waals surface area contributed by atoms with Gasteiger partial charge in [-0.3, -0.25) is 14.7 Å². The number of thiophene rings is 1. The molecule has 1 amide bonds. The van der Waals surface area contributed by atoms with Crippen molar-refractivity contribution in [3.63, 3.8) is 0 Å². The van der Waals surface area contributed by atoms with E-state index in [1.807, 2.05) is 30.2 Å². The fourth-order valence-corrected chi connectivity index (χ4v) is 4.57. The number of benzene rings is 1. The molecule has 1 fully saturated rings. The Morgan fingerprint density at radius 3 is 2.62 bits per heavy atom. The zero-order valence-electron chi connectivity index (χ0n) is 15.2. The summed E-state index contributed by atoms with van der Waals surface area (Å²) in [7, 11) is 0. The van der Waals surface area contributed by atoms with Gasteiger partial charge in [-0.2, -0.15) is 0 Å². The van der Waals surface area contributed by atoms with Crippen molar-refractivity contribution in [2.24, 2.45) is 0 Å². The Morgan fingerprint density at radius 1 is 1.12 bits per heavy atom. The van der Waals surface area contributed by atoms with Crippen molar-refractivity contribution >= 4 is 28.1 Å². The number of carbonyl (C=O) groups excluding carboxylic acids is 1. The van der Waals surface area contributed by atoms with Gasteiger partial charge in [-0.05, 0) is 31.5 Å². The van der Waals surface area contributed by atoms with E-state index in [-0.39, 0.29) is 5.91 Å². The average Bonchev–Trinajstić information content (AvgIpc) is 3.00. The Balaban J connectivity index is 1.42. The minimum Gasteiger partial charge on any atom is -0.336 e. The van der Waals surface area contributed by atoms with Gasteiger partial charge in [-0.15, -0.1) is 11.3 Å². The third-order valence-corrected chi connectivity index (χ3v) is 6.01. The van der Waals surface area contributed by atoms with Crippen LogP contribution < -0.4 is 0 Å². The maximum atomic E-state index is 12.8. The number of fused-ring (bicyclic) bond motifs is 1. The van der Waals surface area contributed by atoms with Gasteiger partial charge < -0.3 is 4.90 Å². The summed E-state index contributed by atoms with van der Waals surface area (Å²) < 4.78 is 0. The second-order valence-corrected chi connectivity index (χ2v) is 8.35. The topological polar surface area (TPSA) is 36.4 Å². The smallest absolute Gasteiger partial charge is 0.255 e.